The fourth-order valence-electron chi connectivity index (χ4n) is 3.84. The second kappa shape index (κ2) is 5.27. The van der Waals surface area contributed by atoms with Gasteiger partial charge >= 0.3 is 0 Å². The summed E-state index contributed by atoms with van der Waals surface area (Å²) in [5, 5.41) is 3.92. The van der Waals surface area contributed by atoms with E-state index in [2.05, 4.69) is 17.1 Å². The summed E-state index contributed by atoms with van der Waals surface area (Å²) in [5.41, 5.74) is 0. The third kappa shape index (κ3) is 3.03. The highest BCUT2D eigenvalue weighted by Crippen LogP contribution is 2.31. The first-order valence-electron chi connectivity index (χ1n) is 7.83. The lowest BCUT2D eigenvalue weighted by Gasteiger charge is -2.30. The zero-order chi connectivity index (χ0) is 11.7. The first-order chi connectivity index (χ1) is 8.33. The molecule has 1 N–H and O–H groups in total. The molecule has 2 heteroatoms. The highest BCUT2D eigenvalue weighted by molar-refractivity contribution is 4.93. The van der Waals surface area contributed by atoms with Crippen molar-refractivity contribution in [2.75, 3.05) is 13.1 Å². The molecule has 0 amide bonds. The van der Waals surface area contributed by atoms with Gasteiger partial charge in [0.2, 0.25) is 0 Å². The largest absolute Gasteiger partial charge is 0.310 e. The number of rotatable bonds is 4. The molecule has 2 aliphatic carbocycles. The molecule has 1 heterocycles. The molecule has 0 radical (unpaired) electrons. The summed E-state index contributed by atoms with van der Waals surface area (Å²) >= 11 is 0. The predicted molar refractivity (Wildman–Crippen MR) is 72.2 cm³/mol. The molecule has 2 saturated carbocycles. The number of nitrogens with one attached hydrogen (secondary N) is 1. The Labute approximate surface area is 106 Å². The quantitative estimate of drug-likeness (QED) is 0.807. The monoisotopic (exact) mass is 236 g/mol. The highest BCUT2D eigenvalue weighted by atomic mass is 15.2. The van der Waals surface area contributed by atoms with E-state index in [0.29, 0.717) is 0 Å². The highest BCUT2D eigenvalue weighted by Gasteiger charge is 2.35. The SMILES string of the molecule is C[C@H](NC1CCN(C2CC2)C1)C1CCCCC1. The predicted octanol–water partition coefficient (Wildman–Crippen LogP) is 2.78. The molecule has 17 heavy (non-hydrogen) atoms. The van der Waals surface area contributed by atoms with Gasteiger partial charge in [-0.2, -0.15) is 0 Å². The summed E-state index contributed by atoms with van der Waals surface area (Å²) < 4.78 is 0. The first-order valence-corrected chi connectivity index (χ1v) is 7.83. The molecule has 1 aliphatic heterocycles. The van der Waals surface area contributed by atoms with Gasteiger partial charge < -0.3 is 5.32 Å². The molecular formula is C15H28N2. The van der Waals surface area contributed by atoms with Crippen LogP contribution in [0.1, 0.15) is 58.3 Å². The maximum absolute atomic E-state index is 3.92. The minimum Gasteiger partial charge on any atom is -0.310 e. The second-order valence-electron chi connectivity index (χ2n) is 6.57. The van der Waals surface area contributed by atoms with Crippen LogP contribution in [0.3, 0.4) is 0 Å². The van der Waals surface area contributed by atoms with Crippen LogP contribution < -0.4 is 5.32 Å². The van der Waals surface area contributed by atoms with Crippen LogP contribution in [0.5, 0.6) is 0 Å². The fraction of sp³-hybridized carbons (Fsp3) is 1.00. The van der Waals surface area contributed by atoms with Gasteiger partial charge in [0, 0.05) is 31.2 Å². The molecule has 0 aromatic carbocycles. The molecule has 3 aliphatic rings. The topological polar surface area (TPSA) is 15.3 Å². The van der Waals surface area contributed by atoms with Gasteiger partial charge in [0.1, 0.15) is 0 Å². The molecule has 0 bridgehead atoms. The Kier molecular flexibility index (Phi) is 3.72. The van der Waals surface area contributed by atoms with Crippen LogP contribution in [0, 0.1) is 5.92 Å². The zero-order valence-electron chi connectivity index (χ0n) is 11.3. The van der Waals surface area contributed by atoms with E-state index in [4.69, 9.17) is 0 Å². The van der Waals surface area contributed by atoms with Crippen LogP contribution in [0.25, 0.3) is 0 Å². The Morgan fingerprint density at radius 2 is 1.76 bits per heavy atom. The minimum absolute atomic E-state index is 0.749. The van der Waals surface area contributed by atoms with Crippen LogP contribution in [0.4, 0.5) is 0 Å². The normalized spacial score (nSPS) is 34.1. The maximum atomic E-state index is 3.92. The Balaban J connectivity index is 1.43. The van der Waals surface area contributed by atoms with E-state index in [1.165, 1.54) is 64.5 Å². The Bertz CT molecular complexity index is 243. The van der Waals surface area contributed by atoms with E-state index < -0.39 is 0 Å². The number of likely N-dealkylation sites (tertiary alicyclic amines) is 1. The van der Waals surface area contributed by atoms with Crippen LogP contribution >= 0.6 is 0 Å². The summed E-state index contributed by atoms with van der Waals surface area (Å²) in [6, 6.07) is 2.50. The Morgan fingerprint density at radius 3 is 2.47 bits per heavy atom. The van der Waals surface area contributed by atoms with E-state index in [9.17, 15) is 0 Å². The van der Waals surface area contributed by atoms with Crippen LogP contribution in [-0.4, -0.2) is 36.1 Å². The molecule has 2 atom stereocenters. The van der Waals surface area contributed by atoms with E-state index >= 15 is 0 Å². The lowest BCUT2D eigenvalue weighted by atomic mass is 9.84. The molecule has 1 saturated heterocycles. The van der Waals surface area contributed by atoms with Gasteiger partial charge in [-0.3, -0.25) is 4.90 Å². The maximum Gasteiger partial charge on any atom is 0.0209 e. The summed E-state index contributed by atoms with van der Waals surface area (Å²) in [6.07, 6.45) is 11.6. The molecule has 3 rings (SSSR count). The summed E-state index contributed by atoms with van der Waals surface area (Å²) in [5.74, 6) is 0.957. The molecule has 1 unspecified atom stereocenters. The van der Waals surface area contributed by atoms with Crippen molar-refractivity contribution in [2.45, 2.75) is 76.4 Å². The molecule has 0 spiro atoms. The van der Waals surface area contributed by atoms with Crippen molar-refractivity contribution in [3.8, 4) is 0 Å². The Morgan fingerprint density at radius 1 is 1.00 bits per heavy atom. The van der Waals surface area contributed by atoms with Gasteiger partial charge in [-0.15, -0.1) is 0 Å². The van der Waals surface area contributed by atoms with E-state index in [0.717, 1.165) is 24.0 Å². The third-order valence-corrected chi connectivity index (χ3v) is 5.14. The Hall–Kier alpha value is -0.0800. The molecule has 0 aromatic heterocycles. The number of hydrogen-bond acceptors (Lipinski definition) is 2. The fourth-order valence-corrected chi connectivity index (χ4v) is 3.84. The minimum atomic E-state index is 0.749. The average Bonchev–Trinajstić information content (AvgIpc) is 3.12. The van der Waals surface area contributed by atoms with E-state index in [1.807, 2.05) is 0 Å². The third-order valence-electron chi connectivity index (χ3n) is 5.14. The van der Waals surface area contributed by atoms with Gasteiger partial charge in [-0.05, 0) is 44.9 Å². The van der Waals surface area contributed by atoms with Crippen molar-refractivity contribution < 1.29 is 0 Å². The standard InChI is InChI=1S/C15H28N2/c1-12(13-5-3-2-4-6-13)16-14-9-10-17(11-14)15-7-8-15/h12-16H,2-11H2,1H3/t12-,14?/m0/s1. The number of nitrogens with zero attached hydrogens (tertiary/aromatic N) is 1. The van der Waals surface area contributed by atoms with Crippen molar-refractivity contribution >= 4 is 0 Å². The van der Waals surface area contributed by atoms with Crippen LogP contribution in [-0.2, 0) is 0 Å². The van der Waals surface area contributed by atoms with Crippen molar-refractivity contribution in [1.29, 1.82) is 0 Å². The van der Waals surface area contributed by atoms with Crippen LogP contribution in [0.2, 0.25) is 0 Å². The van der Waals surface area contributed by atoms with Gasteiger partial charge in [0.05, 0.1) is 0 Å². The molecule has 0 aromatic rings. The molecule has 3 fully saturated rings. The average molecular weight is 236 g/mol. The van der Waals surface area contributed by atoms with Crippen molar-refractivity contribution in [2.24, 2.45) is 5.92 Å². The van der Waals surface area contributed by atoms with E-state index in [1.54, 1.807) is 0 Å². The summed E-state index contributed by atoms with van der Waals surface area (Å²) in [7, 11) is 0. The van der Waals surface area contributed by atoms with Gasteiger partial charge in [-0.1, -0.05) is 19.3 Å². The van der Waals surface area contributed by atoms with Gasteiger partial charge in [0.15, 0.2) is 0 Å². The van der Waals surface area contributed by atoms with Crippen molar-refractivity contribution in [3.63, 3.8) is 0 Å². The lowest BCUT2D eigenvalue weighted by molar-refractivity contribution is 0.256. The first kappa shape index (κ1) is 12.0. The lowest BCUT2D eigenvalue weighted by Crippen LogP contribution is -2.43. The number of hydrogen-bond donors (Lipinski definition) is 1. The van der Waals surface area contributed by atoms with Gasteiger partial charge in [0.25, 0.3) is 0 Å². The van der Waals surface area contributed by atoms with E-state index in [-0.39, 0.29) is 0 Å². The molecule has 2 nitrogen and oxygen atoms in total. The van der Waals surface area contributed by atoms with Crippen molar-refractivity contribution in [3.05, 3.63) is 0 Å². The second-order valence-corrected chi connectivity index (χ2v) is 6.57. The van der Waals surface area contributed by atoms with Crippen molar-refractivity contribution in [1.82, 2.24) is 10.2 Å². The molecular weight excluding hydrogens is 208 g/mol. The van der Waals surface area contributed by atoms with Gasteiger partial charge in [-0.25, -0.2) is 0 Å². The smallest absolute Gasteiger partial charge is 0.0209 e. The zero-order valence-corrected chi connectivity index (χ0v) is 11.3. The van der Waals surface area contributed by atoms with Crippen LogP contribution in [0.15, 0.2) is 0 Å². The molecule has 98 valence electrons. The summed E-state index contributed by atoms with van der Waals surface area (Å²) in [6.45, 7) is 5.09. The summed E-state index contributed by atoms with van der Waals surface area (Å²) in [4.78, 5) is 2.71.